The summed E-state index contributed by atoms with van der Waals surface area (Å²) >= 11 is 0. The zero-order valence-corrected chi connectivity index (χ0v) is 44.6. The topological polar surface area (TPSA) is 78.9 Å². The molecule has 0 saturated carbocycles. The highest BCUT2D eigenvalue weighted by Gasteiger charge is 2.19. The molecule has 1 unspecified atom stereocenters. The summed E-state index contributed by atoms with van der Waals surface area (Å²) in [5.74, 6) is 0.890. The van der Waals surface area contributed by atoms with Gasteiger partial charge in [0.2, 0.25) is 0 Å². The van der Waals surface area contributed by atoms with Crippen molar-refractivity contribution in [2.75, 3.05) is 13.2 Å². The summed E-state index contributed by atoms with van der Waals surface area (Å²) in [5.41, 5.74) is 0. The van der Waals surface area contributed by atoms with E-state index >= 15 is 0 Å². The first-order chi connectivity index (χ1) is 31.8. The molecule has 0 spiro atoms. The SMILES string of the molecule is CCCCCCCCCCCCCCCCC(=O)OC[C@@H](COC(=O)CCCCCCCCCCCCCCC(C)C)OC(=O)CCCCCCCCCCCCCCCCC(C)CC. The van der Waals surface area contributed by atoms with Crippen LogP contribution < -0.4 is 0 Å². The van der Waals surface area contributed by atoms with Gasteiger partial charge in [0, 0.05) is 19.3 Å². The number of rotatable bonds is 53. The number of hydrogen-bond donors (Lipinski definition) is 0. The summed E-state index contributed by atoms with van der Waals surface area (Å²) < 4.78 is 16.9. The molecule has 0 amide bonds. The highest BCUT2D eigenvalue weighted by molar-refractivity contribution is 5.71. The van der Waals surface area contributed by atoms with Gasteiger partial charge in [-0.3, -0.25) is 14.4 Å². The van der Waals surface area contributed by atoms with Crippen LogP contribution in [0, 0.1) is 11.8 Å². The maximum atomic E-state index is 12.9. The van der Waals surface area contributed by atoms with Gasteiger partial charge in [0.1, 0.15) is 13.2 Å². The lowest BCUT2D eigenvalue weighted by Gasteiger charge is -2.18. The molecule has 0 N–H and O–H groups in total. The highest BCUT2D eigenvalue weighted by atomic mass is 16.6. The number of unbranched alkanes of at least 4 members (excludes halogenated alkanes) is 37. The van der Waals surface area contributed by atoms with E-state index in [4.69, 9.17) is 14.2 Å². The summed E-state index contributed by atoms with van der Waals surface area (Å²) in [6.07, 6.45) is 55.1. The predicted octanol–water partition coefficient (Wildman–Crippen LogP) is 19.3. The van der Waals surface area contributed by atoms with Gasteiger partial charge in [-0.1, -0.05) is 291 Å². The van der Waals surface area contributed by atoms with Gasteiger partial charge >= 0.3 is 17.9 Å². The molecule has 0 bridgehead atoms. The Kier molecular flexibility index (Phi) is 50.5. The first-order valence-corrected chi connectivity index (χ1v) is 29.3. The molecular weight excluding hydrogens is 805 g/mol. The zero-order valence-electron chi connectivity index (χ0n) is 44.6. The van der Waals surface area contributed by atoms with Crippen LogP contribution in [-0.4, -0.2) is 37.2 Å². The molecule has 0 aromatic rings. The molecule has 2 atom stereocenters. The van der Waals surface area contributed by atoms with Crippen LogP contribution >= 0.6 is 0 Å². The van der Waals surface area contributed by atoms with Gasteiger partial charge in [0.25, 0.3) is 0 Å². The maximum Gasteiger partial charge on any atom is 0.306 e. The van der Waals surface area contributed by atoms with E-state index in [9.17, 15) is 14.4 Å². The zero-order chi connectivity index (χ0) is 47.5. The molecule has 0 radical (unpaired) electrons. The molecule has 6 nitrogen and oxygen atoms in total. The third kappa shape index (κ3) is 51.6. The molecule has 0 aromatic carbocycles. The van der Waals surface area contributed by atoms with Crippen molar-refractivity contribution in [1.82, 2.24) is 0 Å². The Morgan fingerprint density at radius 1 is 0.323 bits per heavy atom. The quantitative estimate of drug-likeness (QED) is 0.0344. The molecule has 0 rings (SSSR count). The lowest BCUT2D eigenvalue weighted by Crippen LogP contribution is -2.30. The Labute approximate surface area is 406 Å². The van der Waals surface area contributed by atoms with Crippen LogP contribution in [0.4, 0.5) is 0 Å². The molecule has 386 valence electrons. The lowest BCUT2D eigenvalue weighted by atomic mass is 9.99. The van der Waals surface area contributed by atoms with E-state index in [0.29, 0.717) is 19.3 Å². The highest BCUT2D eigenvalue weighted by Crippen LogP contribution is 2.19. The van der Waals surface area contributed by atoms with Crippen LogP contribution in [0.5, 0.6) is 0 Å². The summed E-state index contributed by atoms with van der Waals surface area (Å²) in [5, 5.41) is 0. The van der Waals surface area contributed by atoms with E-state index in [1.807, 2.05) is 0 Å². The molecule has 0 heterocycles. The van der Waals surface area contributed by atoms with E-state index in [0.717, 1.165) is 69.6 Å². The number of esters is 3. The predicted molar refractivity (Wildman–Crippen MR) is 280 cm³/mol. The lowest BCUT2D eigenvalue weighted by molar-refractivity contribution is -0.167. The first kappa shape index (κ1) is 63.4. The maximum absolute atomic E-state index is 12.9. The summed E-state index contributed by atoms with van der Waals surface area (Å²) in [4.78, 5) is 38.2. The average Bonchev–Trinajstić information content (AvgIpc) is 3.29. The normalized spacial score (nSPS) is 12.5. The van der Waals surface area contributed by atoms with Crippen molar-refractivity contribution < 1.29 is 28.6 Å². The van der Waals surface area contributed by atoms with Crippen molar-refractivity contribution in [1.29, 1.82) is 0 Å². The Bertz CT molecular complexity index is 995. The van der Waals surface area contributed by atoms with E-state index in [1.165, 1.54) is 218 Å². The Morgan fingerprint density at radius 2 is 0.585 bits per heavy atom. The van der Waals surface area contributed by atoms with Crippen LogP contribution in [-0.2, 0) is 28.6 Å². The Hall–Kier alpha value is -1.59. The number of hydrogen-bond acceptors (Lipinski definition) is 6. The molecule has 0 fully saturated rings. The Morgan fingerprint density at radius 3 is 0.877 bits per heavy atom. The van der Waals surface area contributed by atoms with E-state index in [2.05, 4.69) is 34.6 Å². The molecular formula is C59H114O6. The monoisotopic (exact) mass is 919 g/mol. The fraction of sp³-hybridized carbons (Fsp3) is 0.949. The van der Waals surface area contributed by atoms with Crippen LogP contribution in [0.2, 0.25) is 0 Å². The summed E-state index contributed by atoms with van der Waals surface area (Å²) in [6.45, 7) is 11.5. The minimum absolute atomic E-state index is 0.0625. The van der Waals surface area contributed by atoms with E-state index in [-0.39, 0.29) is 31.1 Å². The fourth-order valence-electron chi connectivity index (χ4n) is 9.02. The van der Waals surface area contributed by atoms with Gasteiger partial charge in [-0.25, -0.2) is 0 Å². The second-order valence-corrected chi connectivity index (χ2v) is 21.0. The second-order valence-electron chi connectivity index (χ2n) is 21.0. The molecule has 0 aliphatic carbocycles. The summed E-state index contributed by atoms with van der Waals surface area (Å²) in [6, 6.07) is 0. The van der Waals surface area contributed by atoms with Crippen molar-refractivity contribution in [3.8, 4) is 0 Å². The number of carbonyl (C=O) groups is 3. The molecule has 0 saturated heterocycles. The third-order valence-corrected chi connectivity index (χ3v) is 13.8. The standard InChI is InChI=1S/C59H114O6/c1-6-8-9-10-11-12-13-14-18-24-29-34-39-44-49-57(60)63-52-56(53-64-58(61)50-45-40-35-30-25-21-20-22-27-32-37-42-47-54(3)4)65-59(62)51-46-41-36-31-26-19-16-15-17-23-28-33-38-43-48-55(5)7-2/h54-56H,6-53H2,1-5H3/t55?,56-/m0/s1. The molecule has 65 heavy (non-hydrogen) atoms. The second kappa shape index (κ2) is 51.8. The van der Waals surface area contributed by atoms with Gasteiger partial charge in [0.05, 0.1) is 0 Å². The largest absolute Gasteiger partial charge is 0.462 e. The smallest absolute Gasteiger partial charge is 0.306 e. The molecule has 0 aliphatic rings. The average molecular weight is 920 g/mol. The molecule has 6 heteroatoms. The Balaban J connectivity index is 4.30. The van der Waals surface area contributed by atoms with Gasteiger partial charge < -0.3 is 14.2 Å². The van der Waals surface area contributed by atoms with Crippen molar-refractivity contribution in [3.05, 3.63) is 0 Å². The van der Waals surface area contributed by atoms with Gasteiger partial charge in [-0.2, -0.15) is 0 Å². The number of carbonyl (C=O) groups excluding carboxylic acids is 3. The molecule has 0 aliphatic heterocycles. The van der Waals surface area contributed by atoms with Crippen LogP contribution in [0.25, 0.3) is 0 Å². The minimum atomic E-state index is -0.763. The summed E-state index contributed by atoms with van der Waals surface area (Å²) in [7, 11) is 0. The minimum Gasteiger partial charge on any atom is -0.462 e. The van der Waals surface area contributed by atoms with E-state index in [1.54, 1.807) is 0 Å². The third-order valence-electron chi connectivity index (χ3n) is 13.8. The van der Waals surface area contributed by atoms with Gasteiger partial charge in [-0.05, 0) is 31.1 Å². The molecule has 0 aromatic heterocycles. The van der Waals surface area contributed by atoms with Crippen LogP contribution in [0.1, 0.15) is 330 Å². The van der Waals surface area contributed by atoms with Crippen LogP contribution in [0.15, 0.2) is 0 Å². The van der Waals surface area contributed by atoms with Gasteiger partial charge in [0.15, 0.2) is 6.10 Å². The number of ether oxygens (including phenoxy) is 3. The van der Waals surface area contributed by atoms with Crippen molar-refractivity contribution >= 4 is 17.9 Å². The van der Waals surface area contributed by atoms with E-state index < -0.39 is 6.10 Å². The first-order valence-electron chi connectivity index (χ1n) is 29.3. The van der Waals surface area contributed by atoms with Crippen molar-refractivity contribution in [2.24, 2.45) is 11.8 Å². The van der Waals surface area contributed by atoms with Crippen LogP contribution in [0.3, 0.4) is 0 Å². The van der Waals surface area contributed by atoms with Crippen molar-refractivity contribution in [3.63, 3.8) is 0 Å². The fourth-order valence-corrected chi connectivity index (χ4v) is 9.02. The van der Waals surface area contributed by atoms with Gasteiger partial charge in [-0.15, -0.1) is 0 Å². The van der Waals surface area contributed by atoms with Crippen molar-refractivity contribution in [2.45, 2.75) is 336 Å².